The van der Waals surface area contributed by atoms with Crippen LogP contribution in [0.4, 0.5) is 5.00 Å². The normalized spacial score (nSPS) is 22.2. The SMILES string of the molecule is CCC(C)(C)[C@@H]1CCc2c(sc3c2C(=O)N[C@@H](c2cccc(Cl)c2)N3)C1. The number of hydrogen-bond donors (Lipinski definition) is 2. The molecule has 0 spiro atoms. The fourth-order valence-electron chi connectivity index (χ4n) is 4.11. The lowest BCUT2D eigenvalue weighted by atomic mass is 9.69. The topological polar surface area (TPSA) is 41.1 Å². The van der Waals surface area contributed by atoms with Gasteiger partial charge in [-0.05, 0) is 53.9 Å². The molecule has 1 aliphatic carbocycles. The molecule has 5 heteroatoms. The molecule has 2 N–H and O–H groups in total. The van der Waals surface area contributed by atoms with Gasteiger partial charge in [0.05, 0.1) is 5.56 Å². The van der Waals surface area contributed by atoms with Crippen molar-refractivity contribution < 1.29 is 4.79 Å². The highest BCUT2D eigenvalue weighted by Crippen LogP contribution is 2.46. The van der Waals surface area contributed by atoms with E-state index in [2.05, 4.69) is 31.4 Å². The molecule has 0 unspecified atom stereocenters. The Morgan fingerprint density at radius 3 is 2.85 bits per heavy atom. The van der Waals surface area contributed by atoms with Crippen LogP contribution in [0.3, 0.4) is 0 Å². The molecule has 2 atom stereocenters. The first-order valence-corrected chi connectivity index (χ1v) is 10.6. The smallest absolute Gasteiger partial charge is 0.256 e. The van der Waals surface area contributed by atoms with Gasteiger partial charge in [0.15, 0.2) is 0 Å². The summed E-state index contributed by atoms with van der Waals surface area (Å²) >= 11 is 7.89. The molecule has 1 aromatic carbocycles. The van der Waals surface area contributed by atoms with Gasteiger partial charge in [-0.2, -0.15) is 0 Å². The Morgan fingerprint density at radius 1 is 1.31 bits per heavy atom. The van der Waals surface area contributed by atoms with Crippen molar-refractivity contribution in [2.45, 2.75) is 52.6 Å². The standard InChI is InChI=1S/C21H25ClN2OS/c1-4-21(2,3)13-8-9-15-16(11-13)26-20-17(15)19(25)23-18(24-20)12-6-5-7-14(22)10-12/h5-7,10,13,18,24H,4,8-9,11H2,1-3H3,(H,23,25)/t13-,18-/m1/s1. The van der Waals surface area contributed by atoms with Crippen molar-refractivity contribution in [2.24, 2.45) is 11.3 Å². The van der Waals surface area contributed by atoms with E-state index >= 15 is 0 Å². The van der Waals surface area contributed by atoms with E-state index in [0.29, 0.717) is 16.4 Å². The van der Waals surface area contributed by atoms with Gasteiger partial charge in [-0.3, -0.25) is 4.79 Å². The summed E-state index contributed by atoms with van der Waals surface area (Å²) in [6, 6.07) is 7.65. The lowest BCUT2D eigenvalue weighted by Gasteiger charge is -2.36. The molecular formula is C21H25ClN2OS. The Kier molecular flexibility index (Phi) is 4.52. The summed E-state index contributed by atoms with van der Waals surface area (Å²) in [6.07, 6.45) is 4.23. The fourth-order valence-corrected chi connectivity index (χ4v) is 5.66. The zero-order valence-electron chi connectivity index (χ0n) is 15.5. The van der Waals surface area contributed by atoms with Gasteiger partial charge >= 0.3 is 0 Å². The molecule has 3 nitrogen and oxygen atoms in total. The fraction of sp³-hybridized carbons (Fsp3) is 0.476. The van der Waals surface area contributed by atoms with E-state index in [-0.39, 0.29) is 12.1 Å². The summed E-state index contributed by atoms with van der Waals surface area (Å²) in [6.45, 7) is 7.02. The van der Waals surface area contributed by atoms with Crippen molar-refractivity contribution in [3.8, 4) is 0 Å². The summed E-state index contributed by atoms with van der Waals surface area (Å²) in [5, 5.41) is 8.32. The average Bonchev–Trinajstić information content (AvgIpc) is 2.99. The molecule has 138 valence electrons. The maximum absolute atomic E-state index is 12.8. The molecule has 0 radical (unpaired) electrons. The number of carbonyl (C=O) groups is 1. The van der Waals surface area contributed by atoms with Gasteiger partial charge in [0, 0.05) is 9.90 Å². The summed E-state index contributed by atoms with van der Waals surface area (Å²) < 4.78 is 0. The van der Waals surface area contributed by atoms with Gasteiger partial charge in [-0.15, -0.1) is 11.3 Å². The lowest BCUT2D eigenvalue weighted by molar-refractivity contribution is 0.0934. The molecule has 26 heavy (non-hydrogen) atoms. The molecule has 2 aliphatic rings. The number of amides is 1. The minimum Gasteiger partial charge on any atom is -0.353 e. The number of anilines is 1. The van der Waals surface area contributed by atoms with Gasteiger partial charge in [-0.1, -0.05) is 50.9 Å². The van der Waals surface area contributed by atoms with Crippen molar-refractivity contribution in [2.75, 3.05) is 5.32 Å². The van der Waals surface area contributed by atoms with Crippen molar-refractivity contribution in [1.82, 2.24) is 5.32 Å². The Morgan fingerprint density at radius 2 is 2.12 bits per heavy atom. The molecule has 0 fully saturated rings. The zero-order chi connectivity index (χ0) is 18.5. The second-order valence-corrected chi connectivity index (χ2v) is 9.64. The third-order valence-electron chi connectivity index (χ3n) is 6.24. The van der Waals surface area contributed by atoms with E-state index in [1.165, 1.54) is 23.3 Å². The number of benzene rings is 1. The van der Waals surface area contributed by atoms with Crippen molar-refractivity contribution in [1.29, 1.82) is 0 Å². The van der Waals surface area contributed by atoms with Gasteiger partial charge in [0.1, 0.15) is 11.2 Å². The number of rotatable bonds is 3. The van der Waals surface area contributed by atoms with Crippen LogP contribution in [0.2, 0.25) is 5.02 Å². The van der Waals surface area contributed by atoms with Gasteiger partial charge in [0.25, 0.3) is 5.91 Å². The highest BCUT2D eigenvalue weighted by Gasteiger charge is 2.37. The maximum Gasteiger partial charge on any atom is 0.256 e. The van der Waals surface area contributed by atoms with Crippen LogP contribution in [-0.2, 0) is 12.8 Å². The maximum atomic E-state index is 12.8. The van der Waals surface area contributed by atoms with Crippen molar-refractivity contribution in [3.05, 3.63) is 50.9 Å². The number of carbonyl (C=O) groups excluding carboxylic acids is 1. The average molecular weight is 389 g/mol. The molecule has 4 rings (SSSR count). The first kappa shape index (κ1) is 17.9. The van der Waals surface area contributed by atoms with Crippen molar-refractivity contribution in [3.63, 3.8) is 0 Å². The Bertz CT molecular complexity index is 858. The van der Waals surface area contributed by atoms with Crippen LogP contribution >= 0.6 is 22.9 Å². The summed E-state index contributed by atoms with van der Waals surface area (Å²) in [7, 11) is 0. The summed E-state index contributed by atoms with van der Waals surface area (Å²) in [5.41, 5.74) is 3.47. The van der Waals surface area contributed by atoms with E-state index in [1.807, 2.05) is 24.3 Å². The van der Waals surface area contributed by atoms with E-state index in [1.54, 1.807) is 11.3 Å². The van der Waals surface area contributed by atoms with Crippen LogP contribution in [0, 0.1) is 11.3 Å². The molecule has 1 aromatic heterocycles. The lowest BCUT2D eigenvalue weighted by Crippen LogP contribution is -2.38. The van der Waals surface area contributed by atoms with Crippen molar-refractivity contribution >= 4 is 33.8 Å². The van der Waals surface area contributed by atoms with Crippen LogP contribution in [0.15, 0.2) is 24.3 Å². The van der Waals surface area contributed by atoms with Gasteiger partial charge in [-0.25, -0.2) is 0 Å². The van der Waals surface area contributed by atoms with E-state index in [4.69, 9.17) is 11.6 Å². The van der Waals surface area contributed by atoms with E-state index in [9.17, 15) is 4.79 Å². The van der Waals surface area contributed by atoms with Crippen LogP contribution in [-0.4, -0.2) is 5.91 Å². The highest BCUT2D eigenvalue weighted by atomic mass is 35.5. The summed E-state index contributed by atoms with van der Waals surface area (Å²) in [4.78, 5) is 14.2. The largest absolute Gasteiger partial charge is 0.353 e. The van der Waals surface area contributed by atoms with E-state index < -0.39 is 0 Å². The molecule has 1 amide bonds. The van der Waals surface area contributed by atoms with Gasteiger partial charge in [0.2, 0.25) is 0 Å². The number of thiophene rings is 1. The minimum atomic E-state index is -0.225. The quantitative estimate of drug-likeness (QED) is 0.697. The van der Waals surface area contributed by atoms with Crippen LogP contribution in [0.25, 0.3) is 0 Å². The molecule has 0 saturated carbocycles. The molecule has 1 aliphatic heterocycles. The second kappa shape index (κ2) is 6.58. The van der Waals surface area contributed by atoms with Crippen LogP contribution < -0.4 is 10.6 Å². The number of halogens is 1. The predicted molar refractivity (Wildman–Crippen MR) is 109 cm³/mol. The number of nitrogens with one attached hydrogen (secondary N) is 2. The Balaban J connectivity index is 1.64. The zero-order valence-corrected chi connectivity index (χ0v) is 17.1. The Hall–Kier alpha value is -1.52. The first-order valence-electron chi connectivity index (χ1n) is 9.36. The Labute approximate surface area is 164 Å². The molecule has 2 aromatic rings. The van der Waals surface area contributed by atoms with Crippen LogP contribution in [0.5, 0.6) is 0 Å². The van der Waals surface area contributed by atoms with E-state index in [0.717, 1.165) is 29.0 Å². The number of fused-ring (bicyclic) bond motifs is 3. The molecule has 0 saturated heterocycles. The second-order valence-electron chi connectivity index (χ2n) is 8.10. The first-order chi connectivity index (χ1) is 12.4. The predicted octanol–water partition coefficient (Wildman–Crippen LogP) is 5.80. The molecule has 0 bridgehead atoms. The molecular weight excluding hydrogens is 364 g/mol. The highest BCUT2D eigenvalue weighted by molar-refractivity contribution is 7.16. The minimum absolute atomic E-state index is 0.0365. The monoisotopic (exact) mass is 388 g/mol. The summed E-state index contributed by atoms with van der Waals surface area (Å²) in [5.74, 6) is 0.723. The third kappa shape index (κ3) is 3.03. The molecule has 2 heterocycles. The third-order valence-corrected chi connectivity index (χ3v) is 7.66. The van der Waals surface area contributed by atoms with Crippen LogP contribution in [0.1, 0.15) is 66.1 Å². The number of hydrogen-bond acceptors (Lipinski definition) is 3. The van der Waals surface area contributed by atoms with Gasteiger partial charge < -0.3 is 10.6 Å².